The Labute approximate surface area is 146 Å². The maximum absolute atomic E-state index is 12.6. The molecule has 6 nitrogen and oxygen atoms in total. The first kappa shape index (κ1) is 15.9. The number of aryl methyl sites for hydroxylation is 1. The van der Waals surface area contributed by atoms with Crippen molar-refractivity contribution in [2.45, 2.75) is 39.2 Å². The molecule has 1 fully saturated rings. The van der Waals surface area contributed by atoms with E-state index in [0.717, 1.165) is 42.8 Å². The number of benzene rings is 1. The number of rotatable bonds is 3. The van der Waals surface area contributed by atoms with Gasteiger partial charge in [-0.15, -0.1) is 0 Å². The van der Waals surface area contributed by atoms with Crippen LogP contribution in [0.25, 0.3) is 11.0 Å². The Balaban J connectivity index is 1.54. The van der Waals surface area contributed by atoms with Gasteiger partial charge in [0, 0.05) is 19.2 Å². The van der Waals surface area contributed by atoms with Gasteiger partial charge in [-0.1, -0.05) is 30.1 Å². The lowest BCUT2D eigenvalue weighted by molar-refractivity contribution is 0.0751. The molecule has 130 valence electrons. The molecule has 1 aliphatic heterocycles. The molecule has 1 aliphatic rings. The van der Waals surface area contributed by atoms with Gasteiger partial charge in [-0.3, -0.25) is 4.79 Å². The first-order chi connectivity index (χ1) is 12.2. The molecule has 6 heteroatoms. The van der Waals surface area contributed by atoms with Gasteiger partial charge in [0.25, 0.3) is 5.91 Å². The zero-order valence-electron chi connectivity index (χ0n) is 14.4. The molecule has 0 radical (unpaired) electrons. The molecule has 1 aromatic carbocycles. The number of amides is 1. The lowest BCUT2D eigenvalue weighted by Crippen LogP contribution is -2.32. The Morgan fingerprint density at radius 3 is 2.72 bits per heavy atom. The number of carbonyl (C=O) groups excluding carboxylic acids is 1. The first-order valence-electron chi connectivity index (χ1n) is 8.89. The van der Waals surface area contributed by atoms with Crippen molar-refractivity contribution in [2.75, 3.05) is 13.1 Å². The van der Waals surface area contributed by atoms with Gasteiger partial charge < -0.3 is 14.0 Å². The number of aromatic nitrogens is 3. The molecule has 0 saturated carbocycles. The second-order valence-corrected chi connectivity index (χ2v) is 6.62. The van der Waals surface area contributed by atoms with Crippen LogP contribution in [0.4, 0.5) is 0 Å². The van der Waals surface area contributed by atoms with E-state index in [1.54, 1.807) is 6.07 Å². The molecule has 0 unspecified atom stereocenters. The maximum atomic E-state index is 12.6. The van der Waals surface area contributed by atoms with Crippen molar-refractivity contribution in [3.05, 3.63) is 47.6 Å². The number of nitrogens with zero attached hydrogens (tertiary/aromatic N) is 4. The highest BCUT2D eigenvalue weighted by atomic mass is 16.5. The number of carbonyl (C=O) groups is 1. The van der Waals surface area contributed by atoms with Crippen LogP contribution in [-0.4, -0.2) is 38.6 Å². The van der Waals surface area contributed by atoms with E-state index in [1.165, 1.54) is 12.8 Å². The summed E-state index contributed by atoms with van der Waals surface area (Å²) in [6.07, 6.45) is 4.52. The second kappa shape index (κ2) is 6.70. The van der Waals surface area contributed by atoms with E-state index in [4.69, 9.17) is 4.52 Å². The van der Waals surface area contributed by atoms with Crippen molar-refractivity contribution in [3.63, 3.8) is 0 Å². The summed E-state index contributed by atoms with van der Waals surface area (Å²) in [4.78, 5) is 19.1. The molecule has 0 atom stereocenters. The monoisotopic (exact) mass is 338 g/mol. The molecule has 1 saturated heterocycles. The summed E-state index contributed by atoms with van der Waals surface area (Å²) in [5.74, 6) is 1.56. The quantitative estimate of drug-likeness (QED) is 0.734. The highest BCUT2D eigenvalue weighted by molar-refractivity contribution is 5.92. The van der Waals surface area contributed by atoms with Crippen molar-refractivity contribution in [2.24, 2.45) is 0 Å². The van der Waals surface area contributed by atoms with Crippen molar-refractivity contribution in [1.29, 1.82) is 0 Å². The van der Waals surface area contributed by atoms with Crippen LogP contribution < -0.4 is 0 Å². The third kappa shape index (κ3) is 3.16. The Morgan fingerprint density at radius 2 is 1.92 bits per heavy atom. The van der Waals surface area contributed by atoms with Crippen LogP contribution in [0, 0.1) is 6.92 Å². The fourth-order valence-electron chi connectivity index (χ4n) is 3.48. The average Bonchev–Trinajstić information content (AvgIpc) is 3.09. The number of likely N-dealkylation sites (tertiary alicyclic amines) is 1. The molecule has 3 heterocycles. The SMILES string of the molecule is Cc1nc2ccccc2n1Cc1cc(C(=O)N2CCCCCC2)no1. The average molecular weight is 338 g/mol. The molecule has 1 amide bonds. The van der Waals surface area contributed by atoms with Gasteiger partial charge in [-0.05, 0) is 31.9 Å². The van der Waals surface area contributed by atoms with Gasteiger partial charge >= 0.3 is 0 Å². The van der Waals surface area contributed by atoms with Crippen LogP contribution in [0.15, 0.2) is 34.9 Å². The molecular weight excluding hydrogens is 316 g/mol. The lowest BCUT2D eigenvalue weighted by Gasteiger charge is -2.18. The van der Waals surface area contributed by atoms with Crippen molar-refractivity contribution in [3.8, 4) is 0 Å². The highest BCUT2D eigenvalue weighted by Gasteiger charge is 2.21. The van der Waals surface area contributed by atoms with Gasteiger partial charge in [0.1, 0.15) is 5.82 Å². The number of hydrogen-bond donors (Lipinski definition) is 0. The van der Waals surface area contributed by atoms with Crippen LogP contribution >= 0.6 is 0 Å². The Morgan fingerprint density at radius 1 is 1.16 bits per heavy atom. The van der Waals surface area contributed by atoms with E-state index < -0.39 is 0 Å². The lowest BCUT2D eigenvalue weighted by atomic mass is 10.2. The number of fused-ring (bicyclic) bond motifs is 1. The van der Waals surface area contributed by atoms with Crippen LogP contribution in [0.5, 0.6) is 0 Å². The van der Waals surface area contributed by atoms with E-state index >= 15 is 0 Å². The van der Waals surface area contributed by atoms with E-state index in [2.05, 4.69) is 14.7 Å². The minimum absolute atomic E-state index is 0.0240. The molecule has 25 heavy (non-hydrogen) atoms. The molecule has 2 aromatic heterocycles. The molecule has 0 N–H and O–H groups in total. The summed E-state index contributed by atoms with van der Waals surface area (Å²) >= 11 is 0. The van der Waals surface area contributed by atoms with Crippen molar-refractivity contribution < 1.29 is 9.32 Å². The second-order valence-electron chi connectivity index (χ2n) is 6.62. The zero-order chi connectivity index (χ0) is 17.2. The summed E-state index contributed by atoms with van der Waals surface area (Å²) < 4.78 is 7.52. The van der Waals surface area contributed by atoms with Gasteiger partial charge in [0.05, 0.1) is 17.6 Å². The van der Waals surface area contributed by atoms with Crippen LogP contribution in [0.3, 0.4) is 0 Å². The van der Waals surface area contributed by atoms with Crippen molar-refractivity contribution in [1.82, 2.24) is 19.6 Å². The van der Waals surface area contributed by atoms with E-state index in [-0.39, 0.29) is 5.91 Å². The molecule has 0 aliphatic carbocycles. The fraction of sp³-hybridized carbons (Fsp3) is 0.421. The maximum Gasteiger partial charge on any atom is 0.276 e. The molecule has 0 spiro atoms. The first-order valence-corrected chi connectivity index (χ1v) is 8.89. The van der Waals surface area contributed by atoms with E-state index in [1.807, 2.05) is 36.1 Å². The van der Waals surface area contributed by atoms with Gasteiger partial charge in [0.15, 0.2) is 11.5 Å². The summed E-state index contributed by atoms with van der Waals surface area (Å²) in [7, 11) is 0. The van der Waals surface area contributed by atoms with Crippen molar-refractivity contribution >= 4 is 16.9 Å². The van der Waals surface area contributed by atoms with Gasteiger partial charge in [-0.25, -0.2) is 4.98 Å². The Kier molecular flexibility index (Phi) is 4.26. The van der Waals surface area contributed by atoms with Crippen LogP contribution in [0.1, 0.15) is 47.8 Å². The molecule has 4 rings (SSSR count). The van der Waals surface area contributed by atoms with E-state index in [0.29, 0.717) is 18.0 Å². The Hall–Kier alpha value is -2.63. The predicted molar refractivity (Wildman–Crippen MR) is 94.4 cm³/mol. The summed E-state index contributed by atoms with van der Waals surface area (Å²) in [6.45, 7) is 4.12. The van der Waals surface area contributed by atoms with Crippen LogP contribution in [-0.2, 0) is 6.54 Å². The summed E-state index contributed by atoms with van der Waals surface area (Å²) in [5, 5.41) is 4.01. The topological polar surface area (TPSA) is 64.2 Å². The number of para-hydroxylation sites is 2. The molecule has 0 bridgehead atoms. The standard InChI is InChI=1S/C19H22N4O2/c1-14-20-16-8-4-5-9-18(16)23(14)13-15-12-17(21-25-15)19(24)22-10-6-2-3-7-11-22/h4-5,8-9,12H,2-3,6-7,10-11,13H2,1H3. The highest BCUT2D eigenvalue weighted by Crippen LogP contribution is 2.19. The third-order valence-electron chi connectivity index (χ3n) is 4.83. The minimum atomic E-state index is -0.0240. The van der Waals surface area contributed by atoms with Gasteiger partial charge in [0.2, 0.25) is 0 Å². The largest absolute Gasteiger partial charge is 0.359 e. The number of imidazole rings is 1. The number of hydrogen-bond acceptors (Lipinski definition) is 4. The third-order valence-corrected chi connectivity index (χ3v) is 4.83. The zero-order valence-corrected chi connectivity index (χ0v) is 14.4. The smallest absolute Gasteiger partial charge is 0.276 e. The summed E-state index contributed by atoms with van der Waals surface area (Å²) in [6, 6.07) is 9.77. The van der Waals surface area contributed by atoms with E-state index in [9.17, 15) is 4.79 Å². The Bertz CT molecular complexity index is 888. The minimum Gasteiger partial charge on any atom is -0.359 e. The predicted octanol–water partition coefficient (Wildman–Crippen LogP) is 3.40. The van der Waals surface area contributed by atoms with Gasteiger partial charge in [-0.2, -0.15) is 0 Å². The molecule has 3 aromatic rings. The summed E-state index contributed by atoms with van der Waals surface area (Å²) in [5.41, 5.74) is 2.41. The normalized spacial score (nSPS) is 15.5. The molecular formula is C19H22N4O2. The fourth-order valence-corrected chi connectivity index (χ4v) is 3.48. The van der Waals surface area contributed by atoms with Crippen LogP contribution in [0.2, 0.25) is 0 Å².